The number of oxazole rings is 1. The number of benzene rings is 2. The second kappa shape index (κ2) is 11.9. The number of ether oxygens (including phenoxy) is 3. The van der Waals surface area contributed by atoms with Crippen molar-refractivity contribution in [1.82, 2.24) is 9.88 Å². The van der Waals surface area contributed by atoms with E-state index in [2.05, 4.69) is 4.98 Å². The predicted octanol–water partition coefficient (Wildman–Crippen LogP) is 5.55. The molecule has 1 aromatic heterocycles. The first kappa shape index (κ1) is 29.7. The van der Waals surface area contributed by atoms with Gasteiger partial charge in [-0.2, -0.15) is 0 Å². The van der Waals surface area contributed by atoms with Crippen LogP contribution >= 0.6 is 0 Å². The van der Waals surface area contributed by atoms with Gasteiger partial charge in [0, 0.05) is 18.7 Å². The van der Waals surface area contributed by atoms with Crippen molar-refractivity contribution < 1.29 is 33.3 Å². The number of carboxylic acid groups (broad SMARTS) is 1. The van der Waals surface area contributed by atoms with Crippen molar-refractivity contribution in [2.75, 3.05) is 13.7 Å². The normalized spacial score (nSPS) is 11.9. The second-order valence-corrected chi connectivity index (χ2v) is 11.0. The molecule has 0 fully saturated rings. The summed E-state index contributed by atoms with van der Waals surface area (Å²) in [6.07, 6.45) is 0. The Morgan fingerprint density at radius 1 is 1.03 bits per heavy atom. The molecule has 0 aliphatic carbocycles. The van der Waals surface area contributed by atoms with E-state index in [1.165, 1.54) is 7.11 Å². The number of hydrogen-bond donors (Lipinski definition) is 1. The Labute approximate surface area is 229 Å². The van der Waals surface area contributed by atoms with Crippen molar-refractivity contribution in [2.24, 2.45) is 0 Å². The molecule has 9 nitrogen and oxygen atoms in total. The Bertz CT molecular complexity index is 1310. The number of esters is 1. The lowest BCUT2D eigenvalue weighted by molar-refractivity contribution is -0.171. The Morgan fingerprint density at radius 3 is 2.28 bits per heavy atom. The molecule has 0 aliphatic heterocycles. The van der Waals surface area contributed by atoms with E-state index in [1.54, 1.807) is 45.6 Å². The highest BCUT2D eigenvalue weighted by atomic mass is 16.6. The van der Waals surface area contributed by atoms with Gasteiger partial charge >= 0.3 is 11.9 Å². The Morgan fingerprint density at radius 2 is 1.69 bits per heavy atom. The summed E-state index contributed by atoms with van der Waals surface area (Å²) in [6, 6.07) is 13.2. The molecule has 0 bridgehead atoms. The molecule has 0 amide bonds. The minimum Gasteiger partial charge on any atom is -0.493 e. The van der Waals surface area contributed by atoms with Crippen molar-refractivity contribution >= 4 is 11.9 Å². The summed E-state index contributed by atoms with van der Waals surface area (Å²) in [5, 5.41) is 9.58. The van der Waals surface area contributed by atoms with E-state index in [-0.39, 0.29) is 13.1 Å². The highest BCUT2D eigenvalue weighted by Crippen LogP contribution is 2.36. The largest absolute Gasteiger partial charge is 0.493 e. The highest BCUT2D eigenvalue weighted by molar-refractivity contribution is 5.79. The zero-order valence-corrected chi connectivity index (χ0v) is 24.0. The van der Waals surface area contributed by atoms with E-state index in [0.717, 1.165) is 16.7 Å². The lowest BCUT2D eigenvalue weighted by atomic mass is 10.1. The molecule has 0 spiro atoms. The van der Waals surface area contributed by atoms with E-state index in [4.69, 9.17) is 18.6 Å². The Kier molecular flexibility index (Phi) is 9.07. The molecular weight excluding hydrogens is 500 g/mol. The van der Waals surface area contributed by atoms with Gasteiger partial charge in [-0.1, -0.05) is 24.3 Å². The van der Waals surface area contributed by atoms with Crippen LogP contribution in [0.4, 0.5) is 0 Å². The SMILES string of the molecule is COc1cc(CN(CC(=O)O)Cc2nc(-c3ccccc3)oc2C)cc(C)c1OC(C)(C)C(=O)OC(C)(C)C. The van der Waals surface area contributed by atoms with Crippen molar-refractivity contribution in [1.29, 1.82) is 0 Å². The monoisotopic (exact) mass is 538 g/mol. The Hall–Kier alpha value is -3.85. The van der Waals surface area contributed by atoms with Gasteiger partial charge in [-0.3, -0.25) is 9.69 Å². The molecule has 0 radical (unpaired) electrons. The third-order valence-electron chi connectivity index (χ3n) is 5.82. The fraction of sp³-hybridized carbons (Fsp3) is 0.433. The van der Waals surface area contributed by atoms with Gasteiger partial charge in [-0.15, -0.1) is 0 Å². The number of aryl methyl sites for hydroxylation is 2. The maximum Gasteiger partial charge on any atom is 0.350 e. The number of carbonyl (C=O) groups excluding carboxylic acids is 1. The standard InChI is InChI=1S/C30H38N2O7/c1-19-14-21(15-24(36-8)26(19)38-30(6,7)28(35)39-29(3,4)5)16-32(18-25(33)34)17-23-20(2)37-27(31-23)22-12-10-9-11-13-22/h9-15H,16-18H2,1-8H3,(H,33,34). The number of carboxylic acids is 1. The van der Waals surface area contributed by atoms with Crippen LogP contribution in [0.5, 0.6) is 11.5 Å². The van der Waals surface area contributed by atoms with Crippen molar-refractivity contribution in [3.8, 4) is 23.0 Å². The molecule has 0 aliphatic rings. The van der Waals surface area contributed by atoms with Gasteiger partial charge < -0.3 is 23.7 Å². The minimum atomic E-state index is -1.26. The first-order valence-electron chi connectivity index (χ1n) is 12.7. The van der Waals surface area contributed by atoms with Crippen LogP contribution in [0, 0.1) is 13.8 Å². The molecule has 9 heteroatoms. The summed E-state index contributed by atoms with van der Waals surface area (Å²) in [6.45, 7) is 12.7. The van der Waals surface area contributed by atoms with Crippen LogP contribution < -0.4 is 9.47 Å². The Balaban J connectivity index is 1.84. The molecule has 2 aromatic carbocycles. The van der Waals surface area contributed by atoms with Crippen LogP contribution in [-0.2, 0) is 27.4 Å². The van der Waals surface area contributed by atoms with Gasteiger partial charge in [0.25, 0.3) is 0 Å². The van der Waals surface area contributed by atoms with Gasteiger partial charge in [-0.05, 0) is 77.8 Å². The van der Waals surface area contributed by atoms with E-state index in [9.17, 15) is 14.7 Å². The average molecular weight is 539 g/mol. The van der Waals surface area contributed by atoms with E-state index in [0.29, 0.717) is 35.4 Å². The number of rotatable bonds is 11. The number of aromatic nitrogens is 1. The van der Waals surface area contributed by atoms with Gasteiger partial charge in [-0.25, -0.2) is 9.78 Å². The molecule has 0 atom stereocenters. The summed E-state index contributed by atoms with van der Waals surface area (Å²) >= 11 is 0. The van der Waals surface area contributed by atoms with E-state index >= 15 is 0 Å². The van der Waals surface area contributed by atoms with Crippen LogP contribution in [-0.4, -0.2) is 51.8 Å². The van der Waals surface area contributed by atoms with Gasteiger partial charge in [0.1, 0.15) is 11.4 Å². The lowest BCUT2D eigenvalue weighted by Crippen LogP contribution is -2.43. The number of carbonyl (C=O) groups is 2. The number of nitrogens with zero attached hydrogens (tertiary/aromatic N) is 2. The number of hydrogen-bond acceptors (Lipinski definition) is 8. The second-order valence-electron chi connectivity index (χ2n) is 11.0. The minimum absolute atomic E-state index is 0.196. The first-order valence-corrected chi connectivity index (χ1v) is 12.7. The third-order valence-corrected chi connectivity index (χ3v) is 5.82. The highest BCUT2D eigenvalue weighted by Gasteiger charge is 2.36. The topological polar surface area (TPSA) is 111 Å². The van der Waals surface area contributed by atoms with Gasteiger partial charge in [0.15, 0.2) is 17.1 Å². The van der Waals surface area contributed by atoms with Crippen molar-refractivity contribution in [3.05, 3.63) is 65.0 Å². The molecule has 3 aromatic rings. The molecule has 210 valence electrons. The van der Waals surface area contributed by atoms with Crippen LogP contribution in [0.2, 0.25) is 0 Å². The molecule has 0 saturated heterocycles. The smallest absolute Gasteiger partial charge is 0.350 e. The average Bonchev–Trinajstić information content (AvgIpc) is 3.19. The zero-order valence-electron chi connectivity index (χ0n) is 24.0. The number of methoxy groups -OCH3 is 1. The third kappa shape index (κ3) is 8.07. The summed E-state index contributed by atoms with van der Waals surface area (Å²) in [4.78, 5) is 30.8. The summed E-state index contributed by atoms with van der Waals surface area (Å²) < 4.78 is 23.1. The van der Waals surface area contributed by atoms with Crippen molar-refractivity contribution in [3.63, 3.8) is 0 Å². The maximum atomic E-state index is 12.7. The fourth-order valence-corrected chi connectivity index (χ4v) is 3.99. The summed E-state index contributed by atoms with van der Waals surface area (Å²) in [5.41, 5.74) is 1.15. The molecule has 0 unspecified atom stereocenters. The fourth-order valence-electron chi connectivity index (χ4n) is 3.99. The van der Waals surface area contributed by atoms with E-state index in [1.807, 2.05) is 50.2 Å². The lowest BCUT2D eigenvalue weighted by Gasteiger charge is -2.30. The van der Waals surface area contributed by atoms with Crippen LogP contribution in [0.1, 0.15) is 57.2 Å². The van der Waals surface area contributed by atoms with Crippen LogP contribution in [0.3, 0.4) is 0 Å². The summed E-state index contributed by atoms with van der Waals surface area (Å²) in [5.74, 6) is 0.520. The van der Waals surface area contributed by atoms with Crippen LogP contribution in [0.15, 0.2) is 46.9 Å². The molecule has 39 heavy (non-hydrogen) atoms. The predicted molar refractivity (Wildman–Crippen MR) is 147 cm³/mol. The van der Waals surface area contributed by atoms with Gasteiger partial charge in [0.2, 0.25) is 5.89 Å². The van der Waals surface area contributed by atoms with Crippen molar-refractivity contribution in [2.45, 2.75) is 72.8 Å². The van der Waals surface area contributed by atoms with E-state index < -0.39 is 23.1 Å². The first-order chi connectivity index (χ1) is 18.2. The maximum absolute atomic E-state index is 12.7. The zero-order chi connectivity index (χ0) is 29.0. The van der Waals surface area contributed by atoms with Crippen LogP contribution in [0.25, 0.3) is 11.5 Å². The molecule has 1 heterocycles. The summed E-state index contributed by atoms with van der Waals surface area (Å²) in [7, 11) is 1.52. The molecular formula is C30H38N2O7. The quantitative estimate of drug-likeness (QED) is 0.314. The molecule has 1 N–H and O–H groups in total. The number of aliphatic carboxylic acids is 1. The molecule has 0 saturated carbocycles. The molecule has 3 rings (SSSR count). The van der Waals surface area contributed by atoms with Gasteiger partial charge in [0.05, 0.1) is 19.3 Å².